The van der Waals surface area contributed by atoms with Crippen LogP contribution in [0, 0.1) is 6.92 Å². The van der Waals surface area contributed by atoms with Crippen molar-refractivity contribution < 1.29 is 0 Å². The summed E-state index contributed by atoms with van der Waals surface area (Å²) in [6.07, 6.45) is 2.09. The highest BCUT2D eigenvalue weighted by atomic mass is 35.5. The second-order valence-corrected chi connectivity index (χ2v) is 5.35. The van der Waals surface area contributed by atoms with E-state index in [9.17, 15) is 0 Å². The fraction of sp³-hybridized carbons (Fsp3) is 0.692. The molecule has 0 N–H and O–H groups in total. The van der Waals surface area contributed by atoms with Gasteiger partial charge < -0.3 is 4.57 Å². The molecule has 2 aromatic rings. The summed E-state index contributed by atoms with van der Waals surface area (Å²) in [7, 11) is 1.97. The van der Waals surface area contributed by atoms with Crippen LogP contribution in [0.15, 0.2) is 0 Å². The maximum atomic E-state index is 6.07. The molecule has 4 nitrogen and oxygen atoms in total. The second-order valence-electron chi connectivity index (χ2n) is 5.08. The predicted molar refractivity (Wildman–Crippen MR) is 75.0 cm³/mol. The minimum absolute atomic E-state index is 0.0409. The summed E-state index contributed by atoms with van der Waals surface area (Å²) in [4.78, 5) is 4.66. The Hall–Kier alpha value is -1.03. The standard InChI is InChI=1S/C13H21ClN4/c1-6-13(4,7-2)18-10(8-14)15-11-9(3)16-17(5)12(11)18/h6-8H2,1-5H3. The number of imidazole rings is 1. The van der Waals surface area contributed by atoms with Crippen LogP contribution in [-0.4, -0.2) is 19.3 Å². The van der Waals surface area contributed by atoms with Crippen molar-refractivity contribution >= 4 is 22.8 Å². The van der Waals surface area contributed by atoms with Gasteiger partial charge in [0.25, 0.3) is 0 Å². The molecule has 0 bridgehead atoms. The van der Waals surface area contributed by atoms with Crippen LogP contribution in [0.4, 0.5) is 0 Å². The Morgan fingerprint density at radius 1 is 1.28 bits per heavy atom. The van der Waals surface area contributed by atoms with E-state index < -0.39 is 0 Å². The lowest BCUT2D eigenvalue weighted by atomic mass is 9.95. The molecule has 0 radical (unpaired) electrons. The van der Waals surface area contributed by atoms with Gasteiger partial charge in [0.2, 0.25) is 0 Å². The lowest BCUT2D eigenvalue weighted by molar-refractivity contribution is 0.292. The van der Waals surface area contributed by atoms with E-state index in [0.717, 1.165) is 35.5 Å². The molecule has 0 unspecified atom stereocenters. The molecular formula is C13H21ClN4. The van der Waals surface area contributed by atoms with Crippen LogP contribution in [0.2, 0.25) is 0 Å². The second kappa shape index (κ2) is 4.57. The van der Waals surface area contributed by atoms with E-state index in [1.54, 1.807) is 0 Å². The number of rotatable bonds is 4. The Morgan fingerprint density at radius 3 is 2.39 bits per heavy atom. The molecule has 0 amide bonds. The highest BCUT2D eigenvalue weighted by Crippen LogP contribution is 2.32. The quantitative estimate of drug-likeness (QED) is 0.797. The van der Waals surface area contributed by atoms with Crippen LogP contribution in [-0.2, 0) is 18.5 Å². The average molecular weight is 269 g/mol. The number of hydrogen-bond acceptors (Lipinski definition) is 2. The Bertz CT molecular complexity index is 563. The zero-order chi connectivity index (χ0) is 13.5. The summed E-state index contributed by atoms with van der Waals surface area (Å²) in [5.74, 6) is 1.37. The highest BCUT2D eigenvalue weighted by molar-refractivity contribution is 6.16. The molecule has 2 aromatic heterocycles. The van der Waals surface area contributed by atoms with Crippen molar-refractivity contribution in [3.63, 3.8) is 0 Å². The topological polar surface area (TPSA) is 35.6 Å². The van der Waals surface area contributed by atoms with Crippen LogP contribution in [0.5, 0.6) is 0 Å². The summed E-state index contributed by atoms with van der Waals surface area (Å²) in [5, 5.41) is 4.46. The van der Waals surface area contributed by atoms with Gasteiger partial charge in [0.1, 0.15) is 11.3 Å². The Kier molecular flexibility index (Phi) is 3.41. The average Bonchev–Trinajstić information content (AvgIpc) is 2.88. The van der Waals surface area contributed by atoms with Gasteiger partial charge in [0.05, 0.1) is 11.6 Å². The van der Waals surface area contributed by atoms with Gasteiger partial charge in [-0.1, -0.05) is 13.8 Å². The van der Waals surface area contributed by atoms with E-state index in [0.29, 0.717) is 5.88 Å². The van der Waals surface area contributed by atoms with Gasteiger partial charge >= 0.3 is 0 Å². The van der Waals surface area contributed by atoms with Crippen LogP contribution in [0.1, 0.15) is 45.1 Å². The third-order valence-corrected chi connectivity index (χ3v) is 4.29. The number of nitrogens with zero attached hydrogens (tertiary/aromatic N) is 4. The van der Waals surface area contributed by atoms with Gasteiger partial charge in [0, 0.05) is 12.6 Å². The maximum absolute atomic E-state index is 6.07. The zero-order valence-electron chi connectivity index (χ0n) is 11.8. The van der Waals surface area contributed by atoms with E-state index in [1.807, 2.05) is 18.7 Å². The van der Waals surface area contributed by atoms with E-state index in [-0.39, 0.29) is 5.54 Å². The summed E-state index contributed by atoms with van der Waals surface area (Å²) in [5.41, 5.74) is 3.06. The van der Waals surface area contributed by atoms with Crippen LogP contribution >= 0.6 is 11.6 Å². The molecule has 0 aromatic carbocycles. The third kappa shape index (κ3) is 1.74. The van der Waals surface area contributed by atoms with Crippen molar-refractivity contribution in [2.75, 3.05) is 0 Å². The fourth-order valence-corrected chi connectivity index (χ4v) is 2.72. The van der Waals surface area contributed by atoms with Crippen LogP contribution < -0.4 is 0 Å². The van der Waals surface area contributed by atoms with Gasteiger partial charge in [-0.05, 0) is 26.7 Å². The maximum Gasteiger partial charge on any atom is 0.159 e. The molecule has 18 heavy (non-hydrogen) atoms. The largest absolute Gasteiger partial charge is 0.306 e. The number of hydrogen-bond donors (Lipinski definition) is 0. The molecule has 100 valence electrons. The Labute approximate surface area is 113 Å². The minimum Gasteiger partial charge on any atom is -0.306 e. The van der Waals surface area contributed by atoms with Crippen molar-refractivity contribution in [1.82, 2.24) is 19.3 Å². The van der Waals surface area contributed by atoms with E-state index in [1.165, 1.54) is 0 Å². The monoisotopic (exact) mass is 268 g/mol. The summed E-state index contributed by atoms with van der Waals surface area (Å²) in [6.45, 7) is 8.66. The number of fused-ring (bicyclic) bond motifs is 1. The third-order valence-electron chi connectivity index (χ3n) is 4.05. The molecule has 0 saturated carbocycles. The molecule has 2 heterocycles. The van der Waals surface area contributed by atoms with Gasteiger partial charge in [-0.15, -0.1) is 11.6 Å². The van der Waals surface area contributed by atoms with Crippen molar-refractivity contribution in [1.29, 1.82) is 0 Å². The molecule has 5 heteroatoms. The number of halogens is 1. The lowest BCUT2D eigenvalue weighted by Gasteiger charge is -2.31. The zero-order valence-corrected chi connectivity index (χ0v) is 12.5. The molecule has 0 atom stereocenters. The lowest BCUT2D eigenvalue weighted by Crippen LogP contribution is -2.30. The van der Waals surface area contributed by atoms with Crippen molar-refractivity contribution in [3.8, 4) is 0 Å². The van der Waals surface area contributed by atoms with Gasteiger partial charge in [-0.3, -0.25) is 4.68 Å². The van der Waals surface area contributed by atoms with Crippen LogP contribution in [0.3, 0.4) is 0 Å². The van der Waals surface area contributed by atoms with E-state index in [4.69, 9.17) is 11.6 Å². The smallest absolute Gasteiger partial charge is 0.159 e. The normalized spacial score (nSPS) is 12.6. The molecule has 2 rings (SSSR count). The van der Waals surface area contributed by atoms with Crippen molar-refractivity contribution in [3.05, 3.63) is 11.5 Å². The Morgan fingerprint density at radius 2 is 1.89 bits per heavy atom. The summed E-state index contributed by atoms with van der Waals surface area (Å²) in [6, 6.07) is 0. The molecule has 0 fully saturated rings. The first kappa shape index (κ1) is 13.4. The highest BCUT2D eigenvalue weighted by Gasteiger charge is 2.29. The SMILES string of the molecule is CCC(C)(CC)n1c(CCl)nc2c(C)nn(C)c21. The summed E-state index contributed by atoms with van der Waals surface area (Å²) >= 11 is 6.07. The summed E-state index contributed by atoms with van der Waals surface area (Å²) < 4.78 is 4.19. The van der Waals surface area contributed by atoms with Crippen LogP contribution in [0.25, 0.3) is 11.2 Å². The van der Waals surface area contributed by atoms with E-state index in [2.05, 4.69) is 35.4 Å². The number of alkyl halides is 1. The molecule has 0 aliphatic carbocycles. The first-order valence-corrected chi connectivity index (χ1v) is 6.99. The van der Waals surface area contributed by atoms with Gasteiger partial charge in [-0.25, -0.2) is 4.98 Å². The molecule has 0 saturated heterocycles. The van der Waals surface area contributed by atoms with Crippen molar-refractivity contribution in [2.45, 2.75) is 52.0 Å². The minimum atomic E-state index is 0.0409. The van der Waals surface area contributed by atoms with E-state index >= 15 is 0 Å². The molecule has 0 aliphatic heterocycles. The fourth-order valence-electron chi connectivity index (χ4n) is 2.54. The first-order chi connectivity index (χ1) is 8.48. The molecular weight excluding hydrogens is 248 g/mol. The van der Waals surface area contributed by atoms with Gasteiger partial charge in [0.15, 0.2) is 5.65 Å². The van der Waals surface area contributed by atoms with Crippen molar-refractivity contribution in [2.24, 2.45) is 7.05 Å². The number of aryl methyl sites for hydroxylation is 2. The molecule has 0 spiro atoms. The first-order valence-electron chi connectivity index (χ1n) is 6.45. The van der Waals surface area contributed by atoms with Gasteiger partial charge in [-0.2, -0.15) is 5.10 Å². The number of aromatic nitrogens is 4. The Balaban J connectivity index is 2.82. The predicted octanol–water partition coefficient (Wildman–Crippen LogP) is 3.35. The molecule has 0 aliphatic rings.